The van der Waals surface area contributed by atoms with Crippen LogP contribution in [0, 0.1) is 0 Å². The van der Waals surface area contributed by atoms with Gasteiger partial charge in [-0.15, -0.1) is 0 Å². The van der Waals surface area contributed by atoms with E-state index in [-0.39, 0.29) is 0 Å². The quantitative estimate of drug-likeness (QED) is 0.755. The average Bonchev–Trinajstić information content (AvgIpc) is 2.57. The predicted octanol–water partition coefficient (Wildman–Crippen LogP) is 4.16. The first kappa shape index (κ1) is 15.2. The highest BCUT2D eigenvalue weighted by Crippen LogP contribution is 2.30. The molecule has 2 nitrogen and oxygen atoms in total. The Bertz CT molecular complexity index is 449. The van der Waals surface area contributed by atoms with Gasteiger partial charge in [-0.2, -0.15) is 0 Å². The first-order chi connectivity index (χ1) is 10.3. The number of piperazine rings is 1. The summed E-state index contributed by atoms with van der Waals surface area (Å²) >= 11 is 7.64. The van der Waals surface area contributed by atoms with Gasteiger partial charge in [0.1, 0.15) is 4.32 Å². The Hall–Kier alpha value is -0.740. The van der Waals surface area contributed by atoms with Gasteiger partial charge in [0.15, 0.2) is 0 Å². The van der Waals surface area contributed by atoms with Crippen molar-refractivity contribution in [1.29, 1.82) is 0 Å². The number of rotatable bonds is 2. The van der Waals surface area contributed by atoms with E-state index in [1.807, 2.05) is 11.8 Å². The van der Waals surface area contributed by atoms with Gasteiger partial charge in [-0.1, -0.05) is 61.4 Å². The van der Waals surface area contributed by atoms with E-state index >= 15 is 0 Å². The molecular formula is C17H24N2S2. The number of para-hydroxylation sites is 1. The van der Waals surface area contributed by atoms with E-state index in [0.717, 1.165) is 35.7 Å². The third-order valence-corrected chi connectivity index (χ3v) is 6.29. The zero-order chi connectivity index (χ0) is 14.5. The SMILES string of the molecule is S=C(SC1CCCCC1)N1CCN(c2ccccc2)CC1. The summed E-state index contributed by atoms with van der Waals surface area (Å²) in [6.45, 7) is 4.28. The zero-order valence-corrected chi connectivity index (χ0v) is 14.2. The van der Waals surface area contributed by atoms with Gasteiger partial charge in [-0.3, -0.25) is 0 Å². The molecule has 0 radical (unpaired) electrons. The van der Waals surface area contributed by atoms with Gasteiger partial charge >= 0.3 is 0 Å². The highest BCUT2D eigenvalue weighted by atomic mass is 32.2. The summed E-state index contributed by atoms with van der Waals surface area (Å²) < 4.78 is 1.13. The minimum absolute atomic E-state index is 0.776. The molecule has 114 valence electrons. The van der Waals surface area contributed by atoms with Crippen molar-refractivity contribution >= 4 is 34.0 Å². The first-order valence-corrected chi connectivity index (χ1v) is 9.37. The summed E-state index contributed by atoms with van der Waals surface area (Å²) in [4.78, 5) is 4.87. The fraction of sp³-hybridized carbons (Fsp3) is 0.588. The second-order valence-electron chi connectivity index (χ2n) is 5.95. The molecule has 0 amide bonds. The first-order valence-electron chi connectivity index (χ1n) is 8.08. The molecule has 0 N–H and O–H groups in total. The van der Waals surface area contributed by atoms with Crippen LogP contribution in [-0.2, 0) is 0 Å². The van der Waals surface area contributed by atoms with Gasteiger partial charge < -0.3 is 9.80 Å². The molecule has 0 spiro atoms. The van der Waals surface area contributed by atoms with Crippen molar-refractivity contribution in [3.05, 3.63) is 30.3 Å². The Morgan fingerprint density at radius 1 is 0.952 bits per heavy atom. The second kappa shape index (κ2) is 7.50. The van der Waals surface area contributed by atoms with Gasteiger partial charge in [-0.25, -0.2) is 0 Å². The van der Waals surface area contributed by atoms with Crippen LogP contribution < -0.4 is 4.90 Å². The third-order valence-electron chi connectivity index (χ3n) is 4.48. The number of hydrogen-bond donors (Lipinski definition) is 0. The summed E-state index contributed by atoms with van der Waals surface area (Å²) in [6.07, 6.45) is 6.91. The van der Waals surface area contributed by atoms with Crippen molar-refractivity contribution in [2.24, 2.45) is 0 Å². The molecule has 4 heteroatoms. The molecule has 0 aromatic heterocycles. The lowest BCUT2D eigenvalue weighted by molar-refractivity contribution is 0.397. The molecule has 1 aromatic carbocycles. The summed E-state index contributed by atoms with van der Waals surface area (Å²) in [7, 11) is 0. The Morgan fingerprint density at radius 3 is 2.29 bits per heavy atom. The topological polar surface area (TPSA) is 6.48 Å². The normalized spacial score (nSPS) is 20.6. The molecule has 2 aliphatic rings. The molecule has 1 saturated carbocycles. The monoisotopic (exact) mass is 320 g/mol. The lowest BCUT2D eigenvalue weighted by Gasteiger charge is -2.38. The Balaban J connectivity index is 1.47. The number of thiocarbonyl (C=S) groups is 1. The summed E-state index contributed by atoms with van der Waals surface area (Å²) in [5, 5.41) is 0.776. The third kappa shape index (κ3) is 4.13. The summed E-state index contributed by atoms with van der Waals surface area (Å²) in [6, 6.07) is 10.7. The van der Waals surface area contributed by atoms with Gasteiger partial charge in [0.05, 0.1) is 0 Å². The molecular weight excluding hydrogens is 296 g/mol. The maximum absolute atomic E-state index is 5.68. The van der Waals surface area contributed by atoms with Crippen LogP contribution in [0.2, 0.25) is 0 Å². The number of benzene rings is 1. The predicted molar refractivity (Wildman–Crippen MR) is 97.3 cm³/mol. The van der Waals surface area contributed by atoms with Crippen LogP contribution in [0.3, 0.4) is 0 Å². The minimum Gasteiger partial charge on any atom is -0.368 e. The molecule has 1 aliphatic heterocycles. The lowest BCUT2D eigenvalue weighted by Crippen LogP contribution is -2.47. The standard InChI is InChI=1S/C17H24N2S2/c20-17(21-16-9-5-2-6-10-16)19-13-11-18(12-14-19)15-7-3-1-4-8-15/h1,3-4,7-8,16H,2,5-6,9-14H2. The molecule has 1 saturated heterocycles. The van der Waals surface area contributed by atoms with Gasteiger partial charge in [0.2, 0.25) is 0 Å². The largest absolute Gasteiger partial charge is 0.368 e. The fourth-order valence-electron chi connectivity index (χ4n) is 3.19. The lowest BCUT2D eigenvalue weighted by atomic mass is 10.0. The van der Waals surface area contributed by atoms with Gasteiger partial charge in [-0.05, 0) is 25.0 Å². The molecule has 21 heavy (non-hydrogen) atoms. The maximum Gasteiger partial charge on any atom is 0.136 e. The van der Waals surface area contributed by atoms with E-state index in [9.17, 15) is 0 Å². The summed E-state index contributed by atoms with van der Waals surface area (Å²) in [5.41, 5.74) is 1.34. The van der Waals surface area contributed by atoms with Gasteiger partial charge in [0.25, 0.3) is 0 Å². The molecule has 0 unspecified atom stereocenters. The summed E-state index contributed by atoms with van der Waals surface area (Å²) in [5.74, 6) is 0. The Morgan fingerprint density at radius 2 is 1.62 bits per heavy atom. The van der Waals surface area contributed by atoms with Crippen LogP contribution in [0.25, 0.3) is 0 Å². The molecule has 1 heterocycles. The van der Waals surface area contributed by atoms with Crippen molar-refractivity contribution in [3.63, 3.8) is 0 Å². The highest BCUT2D eigenvalue weighted by Gasteiger charge is 2.22. The highest BCUT2D eigenvalue weighted by molar-refractivity contribution is 8.23. The molecule has 0 bridgehead atoms. The van der Waals surface area contributed by atoms with Crippen LogP contribution in [0.15, 0.2) is 30.3 Å². The van der Waals surface area contributed by atoms with E-state index < -0.39 is 0 Å². The van der Waals surface area contributed by atoms with Crippen molar-refractivity contribution < 1.29 is 0 Å². The van der Waals surface area contributed by atoms with Crippen molar-refractivity contribution in [3.8, 4) is 0 Å². The van der Waals surface area contributed by atoms with Crippen LogP contribution in [0.4, 0.5) is 5.69 Å². The molecule has 1 aliphatic carbocycles. The number of hydrogen-bond acceptors (Lipinski definition) is 3. The number of nitrogens with zero attached hydrogens (tertiary/aromatic N) is 2. The van der Waals surface area contributed by atoms with E-state index in [1.165, 1.54) is 37.8 Å². The van der Waals surface area contributed by atoms with Crippen LogP contribution in [0.5, 0.6) is 0 Å². The van der Waals surface area contributed by atoms with E-state index in [1.54, 1.807) is 0 Å². The molecule has 0 atom stereocenters. The Kier molecular flexibility index (Phi) is 5.42. The average molecular weight is 321 g/mol. The molecule has 3 rings (SSSR count). The van der Waals surface area contributed by atoms with Crippen molar-refractivity contribution in [1.82, 2.24) is 4.90 Å². The minimum atomic E-state index is 0.776. The van der Waals surface area contributed by atoms with Crippen LogP contribution in [0.1, 0.15) is 32.1 Å². The van der Waals surface area contributed by atoms with Gasteiger partial charge in [0, 0.05) is 37.1 Å². The van der Waals surface area contributed by atoms with Crippen LogP contribution in [-0.4, -0.2) is 40.6 Å². The van der Waals surface area contributed by atoms with E-state index in [4.69, 9.17) is 12.2 Å². The molecule has 1 aromatic rings. The number of thioether (sulfide) groups is 1. The smallest absolute Gasteiger partial charge is 0.136 e. The van der Waals surface area contributed by atoms with E-state index in [0.29, 0.717) is 0 Å². The second-order valence-corrected chi connectivity index (χ2v) is 7.89. The Labute approximate surface area is 137 Å². The molecule has 2 fully saturated rings. The van der Waals surface area contributed by atoms with E-state index in [2.05, 4.69) is 40.1 Å². The maximum atomic E-state index is 5.68. The fourth-order valence-corrected chi connectivity index (χ4v) is 4.96. The number of anilines is 1. The van der Waals surface area contributed by atoms with Crippen molar-refractivity contribution in [2.75, 3.05) is 31.1 Å². The zero-order valence-electron chi connectivity index (χ0n) is 12.5. The van der Waals surface area contributed by atoms with Crippen LogP contribution >= 0.6 is 24.0 Å². The van der Waals surface area contributed by atoms with Crippen molar-refractivity contribution in [2.45, 2.75) is 37.4 Å².